The number of fused-ring (bicyclic) bond motifs is 6. The van der Waals surface area contributed by atoms with Crippen LogP contribution in [-0.2, 0) is 47.7 Å². The number of esters is 2. The van der Waals surface area contributed by atoms with Crippen LogP contribution in [0.25, 0.3) is 22.6 Å². The van der Waals surface area contributed by atoms with Crippen molar-refractivity contribution in [1.29, 1.82) is 0 Å². The number of aromatic hydroxyl groups is 2. The minimum absolute atomic E-state index is 0.159. The largest absolute Gasteiger partial charge is 0.506 e. The molecule has 18 heteroatoms. The topological polar surface area (TPSA) is 286 Å². The molecule has 4 fully saturated rings. The zero-order chi connectivity index (χ0) is 39.2. The Kier molecular flexibility index (Phi) is 6.94. The molecular weight excluding hydrogens is 720 g/mol. The fraction of sp³-hybridized carbons (Fsp3) is 0.389. The molecule has 8 rings (SSSR count). The number of phenols is 2. The number of phenolic OH excluding ortho intramolecular Hbond substituents is 2. The second kappa shape index (κ2) is 10.7. The number of epoxide rings is 2. The van der Waals surface area contributed by atoms with Gasteiger partial charge in [-0.05, 0) is 52.0 Å². The number of ether oxygens (including phenoxy) is 6. The number of Topliss-reactive ketones (excluding diaryl/α,β-unsaturated/α-hetero) is 2. The lowest BCUT2D eigenvalue weighted by Crippen LogP contribution is -2.62. The summed E-state index contributed by atoms with van der Waals surface area (Å²) < 4.78 is 34.5. The van der Waals surface area contributed by atoms with Crippen LogP contribution in [0.15, 0.2) is 35.4 Å². The summed E-state index contributed by atoms with van der Waals surface area (Å²) in [4.78, 5) is 74.4. The average Bonchev–Trinajstić information content (AvgIpc) is 3.95. The maximum absolute atomic E-state index is 13.6. The smallest absolute Gasteiger partial charge is 0.317 e. The van der Waals surface area contributed by atoms with Crippen molar-refractivity contribution in [3.63, 3.8) is 0 Å². The number of carboxylic acid groups (broad SMARTS) is 2. The van der Waals surface area contributed by atoms with E-state index in [2.05, 4.69) is 0 Å². The van der Waals surface area contributed by atoms with E-state index in [1.54, 1.807) is 0 Å². The molecule has 6 N–H and O–H groups in total. The highest BCUT2D eigenvalue weighted by Gasteiger charge is 2.77. The molecule has 0 spiro atoms. The number of benzene rings is 2. The zero-order valence-electron chi connectivity index (χ0n) is 28.6. The summed E-state index contributed by atoms with van der Waals surface area (Å²) in [6.45, 7) is 5.61. The molecule has 4 aliphatic heterocycles. The van der Waals surface area contributed by atoms with Crippen molar-refractivity contribution in [2.24, 2.45) is 0 Å². The first-order valence-electron chi connectivity index (χ1n) is 16.4. The summed E-state index contributed by atoms with van der Waals surface area (Å²) in [6, 6.07) is 5.11. The first-order valence-corrected chi connectivity index (χ1v) is 16.4. The average molecular weight is 751 g/mol. The summed E-state index contributed by atoms with van der Waals surface area (Å²) >= 11 is 0. The quantitative estimate of drug-likeness (QED) is 0.134. The lowest BCUT2D eigenvalue weighted by molar-refractivity contribution is -0.170. The van der Waals surface area contributed by atoms with Gasteiger partial charge in [0, 0.05) is 11.1 Å². The lowest BCUT2D eigenvalue weighted by Gasteiger charge is -2.45. The number of carboxylic acids is 2. The molecule has 54 heavy (non-hydrogen) atoms. The molecule has 2 saturated heterocycles. The number of carbonyl (C=O) groups excluding carboxylic acids is 4. The summed E-state index contributed by atoms with van der Waals surface area (Å²) in [6.07, 6.45) is -7.24. The van der Waals surface area contributed by atoms with Gasteiger partial charge >= 0.3 is 23.9 Å². The zero-order valence-corrected chi connectivity index (χ0v) is 28.6. The van der Waals surface area contributed by atoms with Gasteiger partial charge in [-0.25, -0.2) is 0 Å². The van der Waals surface area contributed by atoms with E-state index in [0.29, 0.717) is 0 Å². The first kappa shape index (κ1) is 34.9. The summed E-state index contributed by atoms with van der Waals surface area (Å²) in [5.41, 5.74) is -8.63. The van der Waals surface area contributed by atoms with E-state index in [1.807, 2.05) is 0 Å². The summed E-state index contributed by atoms with van der Waals surface area (Å²) in [5.74, 6) is -10.1. The minimum atomic E-state index is -1.92. The second-order valence-electron chi connectivity index (χ2n) is 14.5. The second-order valence-corrected chi connectivity index (χ2v) is 14.5. The van der Waals surface area contributed by atoms with Crippen molar-refractivity contribution in [3.8, 4) is 34.1 Å². The van der Waals surface area contributed by atoms with Gasteiger partial charge in [-0.15, -0.1) is 0 Å². The third kappa shape index (κ3) is 4.46. The number of aliphatic carboxylic acids is 2. The summed E-state index contributed by atoms with van der Waals surface area (Å²) in [5, 5.41) is 64.7. The molecule has 6 aliphatic rings. The third-order valence-electron chi connectivity index (χ3n) is 10.9. The Morgan fingerprint density at radius 1 is 0.630 bits per heavy atom. The fourth-order valence-corrected chi connectivity index (χ4v) is 8.45. The molecule has 2 saturated carbocycles. The Morgan fingerprint density at radius 2 is 0.981 bits per heavy atom. The molecular formula is C36H30O18. The van der Waals surface area contributed by atoms with E-state index in [-0.39, 0.29) is 22.6 Å². The van der Waals surface area contributed by atoms with Crippen molar-refractivity contribution in [3.05, 3.63) is 46.5 Å². The van der Waals surface area contributed by atoms with Gasteiger partial charge in [-0.1, -0.05) is 0 Å². The number of ketones is 2. The van der Waals surface area contributed by atoms with Gasteiger partial charge in [0.05, 0.1) is 11.1 Å². The van der Waals surface area contributed by atoms with Gasteiger partial charge in [0.25, 0.3) is 0 Å². The molecule has 0 radical (unpaired) electrons. The minimum Gasteiger partial charge on any atom is -0.506 e. The Morgan fingerprint density at radius 3 is 1.31 bits per heavy atom. The van der Waals surface area contributed by atoms with Crippen molar-refractivity contribution in [1.82, 2.24) is 0 Å². The monoisotopic (exact) mass is 750 g/mol. The molecule has 2 aromatic rings. The van der Waals surface area contributed by atoms with E-state index >= 15 is 0 Å². The highest BCUT2D eigenvalue weighted by atomic mass is 16.7. The molecule has 0 unspecified atom stereocenters. The normalized spacial score (nSPS) is 33.7. The lowest BCUT2D eigenvalue weighted by atomic mass is 9.70. The van der Waals surface area contributed by atoms with Crippen LogP contribution in [0.5, 0.6) is 23.0 Å². The van der Waals surface area contributed by atoms with Gasteiger partial charge < -0.3 is 59.1 Å². The molecule has 2 aliphatic carbocycles. The van der Waals surface area contributed by atoms with Gasteiger partial charge in [-0.3, -0.25) is 28.8 Å². The van der Waals surface area contributed by atoms with Gasteiger partial charge in [0.1, 0.15) is 69.7 Å². The third-order valence-corrected chi connectivity index (χ3v) is 10.9. The molecule has 282 valence electrons. The van der Waals surface area contributed by atoms with Gasteiger partial charge in [0.2, 0.25) is 0 Å². The van der Waals surface area contributed by atoms with E-state index in [1.165, 1.54) is 52.0 Å². The summed E-state index contributed by atoms with van der Waals surface area (Å²) in [7, 11) is 0. The van der Waals surface area contributed by atoms with Crippen molar-refractivity contribution in [2.75, 3.05) is 0 Å². The number of aliphatic hydroxyl groups excluding tert-OH is 2. The molecule has 0 aromatic heterocycles. The number of aliphatic hydroxyl groups is 2. The van der Waals surface area contributed by atoms with Crippen molar-refractivity contribution >= 4 is 47.0 Å². The number of hydrogen-bond acceptors (Lipinski definition) is 16. The highest BCUT2D eigenvalue weighted by molar-refractivity contribution is 6.12. The molecule has 4 heterocycles. The van der Waals surface area contributed by atoms with E-state index in [9.17, 15) is 49.2 Å². The van der Waals surface area contributed by atoms with Crippen LogP contribution in [0.4, 0.5) is 0 Å². The van der Waals surface area contributed by atoms with Gasteiger partial charge in [-0.2, -0.15) is 0 Å². The fourth-order valence-electron chi connectivity index (χ4n) is 8.45. The van der Waals surface area contributed by atoms with E-state index in [4.69, 9.17) is 38.6 Å². The van der Waals surface area contributed by atoms with Gasteiger partial charge in [0.15, 0.2) is 47.2 Å². The predicted molar refractivity (Wildman–Crippen MR) is 173 cm³/mol. The Bertz CT molecular complexity index is 2110. The maximum atomic E-state index is 13.6. The molecule has 0 amide bonds. The molecule has 0 bridgehead atoms. The Balaban J connectivity index is 1.20. The van der Waals surface area contributed by atoms with E-state index < -0.39 is 140 Å². The van der Waals surface area contributed by atoms with Crippen molar-refractivity contribution < 1.29 is 87.8 Å². The van der Waals surface area contributed by atoms with Crippen LogP contribution in [-0.4, -0.2) is 113 Å². The Hall–Kier alpha value is -6.14. The molecule has 18 nitrogen and oxygen atoms in total. The highest BCUT2D eigenvalue weighted by Crippen LogP contribution is 2.61. The standard InChI is InChI=1S/C36H30O18/c1-33-21(27(47)29-35(3,53-29)31(33)49-17(41)9-15(37)38)25(45)19-13(51-33)7-5-11(23(19)43)12-6-8-14-20(24(12)44)26(46)22-28(48)30-36(4,54-30)32(34(22,2)52-14)50-18(42)10-16(39)40/h5-8,29-32,43-46H,9-10H2,1-4H3,(H,37,38)(H,39,40)/t29-,30-,31+,32+,33+,34+,35-,36-/m0/s1. The van der Waals surface area contributed by atoms with E-state index in [0.717, 1.165) is 0 Å². The SMILES string of the molecule is C[C@]12O[C@H]1C(=O)C1=C(O)c3c(ccc(-c4ccc5c(c4O)C(O)=C4C(=O)[C@@H]6O[C@]6(C)[C@H](OC(=O)CC(=O)O)[C@]4(C)O5)c3O)O[C@@]1(C)[C@H]2OC(=O)CC(=O)O. The molecule has 2 aromatic carbocycles. The first-order chi connectivity index (χ1) is 25.2. The van der Waals surface area contributed by atoms with Crippen LogP contribution in [0.1, 0.15) is 51.7 Å². The van der Waals surface area contributed by atoms with Crippen LogP contribution in [0, 0.1) is 0 Å². The van der Waals surface area contributed by atoms with Crippen LogP contribution in [0.2, 0.25) is 0 Å². The number of hydrogen-bond donors (Lipinski definition) is 6. The van der Waals surface area contributed by atoms with Crippen molar-refractivity contribution in [2.45, 2.75) is 87.4 Å². The molecule has 8 atom stereocenters. The van der Waals surface area contributed by atoms with Crippen LogP contribution >= 0.6 is 0 Å². The number of rotatable bonds is 7. The van der Waals surface area contributed by atoms with Crippen LogP contribution < -0.4 is 9.47 Å². The maximum Gasteiger partial charge on any atom is 0.317 e. The Labute approximate surface area is 302 Å². The van der Waals surface area contributed by atoms with Crippen LogP contribution in [0.3, 0.4) is 0 Å². The number of carbonyl (C=O) groups is 6. The predicted octanol–water partition coefficient (Wildman–Crippen LogP) is 1.86.